The van der Waals surface area contributed by atoms with Gasteiger partial charge in [0.15, 0.2) is 0 Å². The zero-order valence-corrected chi connectivity index (χ0v) is 18.8. The van der Waals surface area contributed by atoms with E-state index in [9.17, 15) is 4.79 Å². The van der Waals surface area contributed by atoms with Crippen molar-refractivity contribution in [3.8, 4) is 5.75 Å². The summed E-state index contributed by atoms with van der Waals surface area (Å²) in [5, 5.41) is 3.59. The Kier molecular flexibility index (Phi) is 9.26. The molecule has 0 spiro atoms. The van der Waals surface area contributed by atoms with Crippen LogP contribution < -0.4 is 10.1 Å². The summed E-state index contributed by atoms with van der Waals surface area (Å²) in [5.41, 5.74) is 2.72. The molecule has 1 aromatic rings. The normalized spacial score (nSPS) is 24.2. The molecule has 4 heteroatoms. The molecule has 1 aliphatic carbocycles. The van der Waals surface area contributed by atoms with Gasteiger partial charge in [-0.25, -0.2) is 0 Å². The number of carbonyl (C=O) groups excluding carboxylic acids is 1. The highest BCUT2D eigenvalue weighted by molar-refractivity contribution is 5.69. The van der Waals surface area contributed by atoms with Gasteiger partial charge in [-0.1, -0.05) is 38.0 Å². The highest BCUT2D eigenvalue weighted by atomic mass is 16.5. The molecule has 3 rings (SSSR count). The monoisotopic (exact) mass is 413 g/mol. The maximum absolute atomic E-state index is 11.5. The maximum atomic E-state index is 11.5. The number of carbonyl (C=O) groups is 1. The van der Waals surface area contributed by atoms with Crippen LogP contribution in [0.25, 0.3) is 5.57 Å². The lowest BCUT2D eigenvalue weighted by Gasteiger charge is -2.28. The second-order valence-electron chi connectivity index (χ2n) is 8.75. The van der Waals surface area contributed by atoms with E-state index in [0.29, 0.717) is 25.2 Å². The summed E-state index contributed by atoms with van der Waals surface area (Å²) in [5.74, 6) is 1.83. The van der Waals surface area contributed by atoms with Gasteiger partial charge in [-0.15, -0.1) is 0 Å². The molecule has 0 radical (unpaired) electrons. The SMILES string of the molecule is CCOC(=O)CCCCC1C=C(c2ccc(O[C@H]3CC[C@@H](CC)CC3)cc2)CCN1. The maximum Gasteiger partial charge on any atom is 0.305 e. The van der Waals surface area contributed by atoms with Gasteiger partial charge < -0.3 is 14.8 Å². The Labute approximate surface area is 182 Å². The fourth-order valence-corrected chi connectivity index (χ4v) is 4.67. The van der Waals surface area contributed by atoms with Crippen molar-refractivity contribution in [3.63, 3.8) is 0 Å². The molecule has 166 valence electrons. The van der Waals surface area contributed by atoms with Gasteiger partial charge in [0.25, 0.3) is 0 Å². The van der Waals surface area contributed by atoms with Crippen molar-refractivity contribution >= 4 is 11.5 Å². The van der Waals surface area contributed by atoms with Crippen LogP contribution in [0.2, 0.25) is 0 Å². The van der Waals surface area contributed by atoms with Crippen LogP contribution in [0.1, 0.15) is 83.6 Å². The quantitative estimate of drug-likeness (QED) is 0.383. The molecular weight excluding hydrogens is 374 g/mol. The predicted octanol–water partition coefficient (Wildman–Crippen LogP) is 5.90. The van der Waals surface area contributed by atoms with Gasteiger partial charge in [0.2, 0.25) is 0 Å². The largest absolute Gasteiger partial charge is 0.490 e. The number of nitrogens with one attached hydrogen (secondary N) is 1. The van der Waals surface area contributed by atoms with Crippen LogP contribution in [0, 0.1) is 5.92 Å². The molecule has 1 saturated carbocycles. The molecule has 1 fully saturated rings. The molecule has 30 heavy (non-hydrogen) atoms. The third-order valence-electron chi connectivity index (χ3n) is 6.55. The van der Waals surface area contributed by atoms with Crippen molar-refractivity contribution in [1.29, 1.82) is 0 Å². The van der Waals surface area contributed by atoms with E-state index in [2.05, 4.69) is 42.6 Å². The van der Waals surface area contributed by atoms with Gasteiger partial charge in [-0.05, 0) is 87.6 Å². The molecule has 0 bridgehead atoms. The zero-order chi connectivity index (χ0) is 21.2. The lowest BCUT2D eigenvalue weighted by molar-refractivity contribution is -0.143. The fourth-order valence-electron chi connectivity index (χ4n) is 4.67. The van der Waals surface area contributed by atoms with Crippen molar-refractivity contribution in [2.45, 2.75) is 90.2 Å². The molecule has 1 aliphatic heterocycles. The van der Waals surface area contributed by atoms with E-state index in [0.717, 1.165) is 43.9 Å². The summed E-state index contributed by atoms with van der Waals surface area (Å²) < 4.78 is 11.2. The van der Waals surface area contributed by atoms with Crippen LogP contribution in [0.5, 0.6) is 5.75 Å². The summed E-state index contributed by atoms with van der Waals surface area (Å²) in [6, 6.07) is 9.08. The topological polar surface area (TPSA) is 47.6 Å². The van der Waals surface area contributed by atoms with Gasteiger partial charge in [0.05, 0.1) is 12.7 Å². The Hall–Kier alpha value is -1.81. The second kappa shape index (κ2) is 12.1. The standard InChI is InChI=1S/C26H39NO3/c1-3-20-9-13-24(14-10-20)30-25-15-11-21(12-16-25)22-17-18-27-23(19-22)7-5-6-8-26(28)29-4-2/h11-12,15-16,19-20,23-24,27H,3-10,13-14,17-18H2,1-2H3/t20-,23?,24+. The fraction of sp³-hybridized carbons (Fsp3) is 0.654. The zero-order valence-electron chi connectivity index (χ0n) is 18.8. The van der Waals surface area contributed by atoms with E-state index in [-0.39, 0.29) is 5.97 Å². The summed E-state index contributed by atoms with van der Waals surface area (Å²) >= 11 is 0. The van der Waals surface area contributed by atoms with Gasteiger partial charge in [-0.2, -0.15) is 0 Å². The Morgan fingerprint density at radius 1 is 1.07 bits per heavy atom. The first-order valence-electron chi connectivity index (χ1n) is 12.0. The van der Waals surface area contributed by atoms with E-state index < -0.39 is 0 Å². The van der Waals surface area contributed by atoms with Crippen molar-refractivity contribution in [2.75, 3.05) is 13.2 Å². The highest BCUT2D eigenvalue weighted by Crippen LogP contribution is 2.30. The lowest BCUT2D eigenvalue weighted by Crippen LogP contribution is -2.32. The summed E-state index contributed by atoms with van der Waals surface area (Å²) in [6.45, 7) is 5.63. The molecule has 2 aliphatic rings. The van der Waals surface area contributed by atoms with E-state index in [1.807, 2.05) is 6.92 Å². The molecule has 0 amide bonds. The molecule has 0 aromatic heterocycles. The third kappa shape index (κ3) is 7.16. The molecule has 0 saturated heterocycles. The van der Waals surface area contributed by atoms with Crippen molar-refractivity contribution in [2.24, 2.45) is 5.92 Å². The van der Waals surface area contributed by atoms with E-state index >= 15 is 0 Å². The van der Waals surface area contributed by atoms with Gasteiger partial charge in [0.1, 0.15) is 5.75 Å². The van der Waals surface area contributed by atoms with Crippen LogP contribution in [0.4, 0.5) is 0 Å². The first-order chi connectivity index (χ1) is 14.7. The number of rotatable bonds is 10. The Balaban J connectivity index is 1.46. The second-order valence-corrected chi connectivity index (χ2v) is 8.75. The minimum Gasteiger partial charge on any atom is -0.490 e. The Morgan fingerprint density at radius 3 is 2.53 bits per heavy atom. The van der Waals surface area contributed by atoms with Gasteiger partial charge >= 0.3 is 5.97 Å². The minimum absolute atomic E-state index is 0.0777. The van der Waals surface area contributed by atoms with Gasteiger partial charge in [0, 0.05) is 12.5 Å². The van der Waals surface area contributed by atoms with Crippen LogP contribution in [0.15, 0.2) is 30.3 Å². The van der Waals surface area contributed by atoms with E-state index in [1.165, 1.54) is 43.2 Å². The molecule has 1 heterocycles. The number of unbranched alkanes of at least 4 members (excludes halogenated alkanes) is 1. The summed E-state index contributed by atoms with van der Waals surface area (Å²) in [7, 11) is 0. The average molecular weight is 414 g/mol. The molecule has 1 aromatic carbocycles. The molecule has 1 atom stereocenters. The van der Waals surface area contributed by atoms with Crippen LogP contribution in [-0.4, -0.2) is 31.3 Å². The number of ether oxygens (including phenoxy) is 2. The van der Waals surface area contributed by atoms with Crippen molar-refractivity contribution in [1.82, 2.24) is 5.32 Å². The highest BCUT2D eigenvalue weighted by Gasteiger charge is 2.21. The van der Waals surface area contributed by atoms with Crippen LogP contribution in [-0.2, 0) is 9.53 Å². The molecule has 4 nitrogen and oxygen atoms in total. The predicted molar refractivity (Wildman–Crippen MR) is 123 cm³/mol. The summed E-state index contributed by atoms with van der Waals surface area (Å²) in [4.78, 5) is 11.5. The number of esters is 1. The number of benzene rings is 1. The first-order valence-corrected chi connectivity index (χ1v) is 12.0. The molecule has 1 unspecified atom stereocenters. The Morgan fingerprint density at radius 2 is 1.83 bits per heavy atom. The molecule has 1 N–H and O–H groups in total. The number of hydrogen-bond acceptors (Lipinski definition) is 4. The lowest BCUT2D eigenvalue weighted by atomic mass is 9.86. The van der Waals surface area contributed by atoms with E-state index in [1.54, 1.807) is 0 Å². The van der Waals surface area contributed by atoms with Crippen LogP contribution >= 0.6 is 0 Å². The van der Waals surface area contributed by atoms with E-state index in [4.69, 9.17) is 9.47 Å². The minimum atomic E-state index is -0.0777. The number of hydrogen-bond donors (Lipinski definition) is 1. The first kappa shape index (κ1) is 22.9. The van der Waals surface area contributed by atoms with Crippen molar-refractivity contribution in [3.05, 3.63) is 35.9 Å². The summed E-state index contributed by atoms with van der Waals surface area (Å²) in [6.07, 6.45) is 13.6. The average Bonchev–Trinajstić information content (AvgIpc) is 2.78. The van der Waals surface area contributed by atoms with Crippen molar-refractivity contribution < 1.29 is 14.3 Å². The smallest absolute Gasteiger partial charge is 0.305 e. The Bertz CT molecular complexity index is 674. The third-order valence-corrected chi connectivity index (χ3v) is 6.55. The molecular formula is C26H39NO3. The van der Waals surface area contributed by atoms with Gasteiger partial charge in [-0.3, -0.25) is 4.79 Å². The van der Waals surface area contributed by atoms with Crippen LogP contribution in [0.3, 0.4) is 0 Å².